The van der Waals surface area contributed by atoms with Crippen molar-refractivity contribution in [2.75, 3.05) is 9.80 Å². The molecule has 1 aliphatic heterocycles. The molecule has 8 aromatic carbocycles. The van der Waals surface area contributed by atoms with Crippen molar-refractivity contribution in [3.63, 3.8) is 0 Å². The van der Waals surface area contributed by atoms with Gasteiger partial charge in [-0.25, -0.2) is 31.3 Å². The summed E-state index contributed by atoms with van der Waals surface area (Å²) in [5.74, 6) is -7.07. The Balaban J connectivity index is 0.00000688. The number of benzene rings is 8. The van der Waals surface area contributed by atoms with Crippen LogP contribution in [0.4, 0.5) is 49.1 Å². The first-order chi connectivity index (χ1) is 36.5. The second-order valence-corrected chi connectivity index (χ2v) is 21.4. The number of para-hydroxylation sites is 3. The Morgan fingerprint density at radius 3 is 1.75 bits per heavy atom. The molecule has 0 radical (unpaired) electrons. The van der Waals surface area contributed by atoms with E-state index in [1.165, 1.54) is 12.1 Å². The summed E-state index contributed by atoms with van der Waals surface area (Å²) in [4.78, 5) is 8.15. The normalized spacial score (nSPS) is 13.0. The Morgan fingerprint density at radius 2 is 1.14 bits per heavy atom. The molecule has 77 heavy (non-hydrogen) atoms. The smallest absolute Gasteiger partial charge is 0.136 e. The number of anilines is 4. The molecule has 0 fully saturated rings. The van der Waals surface area contributed by atoms with Gasteiger partial charge in [-0.15, -0.1) is 53.6 Å². The van der Waals surface area contributed by atoms with Crippen molar-refractivity contribution in [3.8, 4) is 50.7 Å². The average molecular weight is 1210 g/mol. The zero-order valence-corrected chi connectivity index (χ0v) is 45.6. The van der Waals surface area contributed by atoms with Gasteiger partial charge in [-0.3, -0.25) is 0 Å². The number of aromatic nitrogens is 2. The van der Waals surface area contributed by atoms with Crippen molar-refractivity contribution >= 4 is 44.6 Å². The number of fused-ring (bicyclic) bond motifs is 4. The van der Waals surface area contributed by atoms with Crippen LogP contribution in [0, 0.1) is 53.7 Å². The van der Waals surface area contributed by atoms with Gasteiger partial charge in [0.1, 0.15) is 40.7 Å². The molecule has 0 bridgehead atoms. The second kappa shape index (κ2) is 20.1. The molecular formula is C65H51F6N4OPt-3. The van der Waals surface area contributed by atoms with E-state index in [2.05, 4.69) is 49.6 Å². The van der Waals surface area contributed by atoms with Gasteiger partial charge in [-0.2, -0.15) is 6.07 Å². The monoisotopic (exact) mass is 1210 g/mol. The van der Waals surface area contributed by atoms with Gasteiger partial charge < -0.3 is 19.1 Å². The predicted molar refractivity (Wildman–Crippen MR) is 292 cm³/mol. The summed E-state index contributed by atoms with van der Waals surface area (Å²) in [6.07, 6.45) is 1.81. The van der Waals surface area contributed by atoms with E-state index >= 15 is 17.6 Å². The molecule has 0 amide bonds. The topological polar surface area (TPSA) is 33.5 Å². The van der Waals surface area contributed by atoms with Gasteiger partial charge in [0.15, 0.2) is 0 Å². The van der Waals surface area contributed by atoms with Crippen LogP contribution in [0.25, 0.3) is 61.0 Å². The van der Waals surface area contributed by atoms with Gasteiger partial charge in [-0.1, -0.05) is 116 Å². The molecular weight excluding hydrogens is 1160 g/mol. The third-order valence-corrected chi connectivity index (χ3v) is 13.9. The fourth-order valence-electron chi connectivity index (χ4n) is 10.1. The molecule has 0 saturated carbocycles. The van der Waals surface area contributed by atoms with Crippen LogP contribution in [0.5, 0.6) is 11.5 Å². The molecule has 12 heteroatoms. The first-order valence-corrected chi connectivity index (χ1v) is 24.8. The molecule has 392 valence electrons. The maximum Gasteiger partial charge on any atom is 0.136 e. The van der Waals surface area contributed by atoms with E-state index in [0.717, 1.165) is 38.5 Å². The quantitative estimate of drug-likeness (QED) is 0.107. The summed E-state index contributed by atoms with van der Waals surface area (Å²) in [5.41, 5.74) is 3.99. The summed E-state index contributed by atoms with van der Waals surface area (Å²) in [5, 5.41) is 1.93. The number of pyridine rings is 1. The summed E-state index contributed by atoms with van der Waals surface area (Å²) < 4.78 is 113. The van der Waals surface area contributed by atoms with Gasteiger partial charge in [-0.05, 0) is 86.8 Å². The molecule has 10 aromatic rings. The van der Waals surface area contributed by atoms with Crippen LogP contribution in [0.1, 0.15) is 79.3 Å². The van der Waals surface area contributed by atoms with Crippen molar-refractivity contribution in [2.24, 2.45) is 0 Å². The van der Waals surface area contributed by atoms with E-state index in [1.807, 2.05) is 99.8 Å². The van der Waals surface area contributed by atoms with Crippen molar-refractivity contribution < 1.29 is 53.5 Å². The van der Waals surface area contributed by atoms with Crippen molar-refractivity contribution in [1.82, 2.24) is 9.55 Å². The first-order valence-electron chi connectivity index (χ1n) is 25.3. The molecule has 1 aliphatic rings. The van der Waals surface area contributed by atoms with Crippen LogP contribution < -0.4 is 14.5 Å². The van der Waals surface area contributed by atoms with Crippen LogP contribution in [0.15, 0.2) is 152 Å². The number of hydrogen-bond acceptors (Lipinski definition) is 4. The third-order valence-electron chi connectivity index (χ3n) is 13.9. The maximum atomic E-state index is 16.4. The minimum Gasteiger partial charge on any atom is -0.509 e. The number of rotatable bonds is 9. The predicted octanol–water partition coefficient (Wildman–Crippen LogP) is 18.5. The largest absolute Gasteiger partial charge is 0.509 e. The number of nitrogens with zero attached hydrogens (tertiary/aromatic N) is 4. The Hall–Kier alpha value is -7.62. The van der Waals surface area contributed by atoms with Crippen LogP contribution in [-0.4, -0.2) is 9.55 Å². The van der Waals surface area contributed by atoms with Crippen molar-refractivity contribution in [1.29, 1.82) is 0 Å². The number of halogens is 6. The molecule has 0 saturated heterocycles. The van der Waals surface area contributed by atoms with Crippen LogP contribution in [0.2, 0.25) is 0 Å². The van der Waals surface area contributed by atoms with Crippen molar-refractivity contribution in [3.05, 3.63) is 222 Å². The fraction of sp³-hybridized carbons (Fsp3) is 0.169. The fourth-order valence-corrected chi connectivity index (χ4v) is 10.1. The molecule has 0 spiro atoms. The zero-order chi connectivity index (χ0) is 54.5. The van der Waals surface area contributed by atoms with Gasteiger partial charge >= 0.3 is 0 Å². The standard InChI is InChI=1S/C65H51F6N4O.Pt/c1-37(2)46-15-9-10-16-47(46)38-25-43(34-45(26-38)76-44-21-22-49-48-17-11-12-18-56(48)75(59(49)35-44)60-29-39(23-24-72-60)64(3,4)5)73-36-74(58-20-14-13-19-57(58)73)63-50(61-52(68)30-41(66)31-53(61)69)27-40(65(6,7)8)28-51(63)62-54(70)32-42(67)33-55(62)71;/h9-33,36-37H,1-8H3;/q-3;/i37D;. The molecule has 0 atom stereocenters. The van der Waals surface area contributed by atoms with Crippen LogP contribution in [0.3, 0.4) is 0 Å². The van der Waals surface area contributed by atoms with Crippen LogP contribution in [-0.2, 0) is 31.9 Å². The minimum absolute atomic E-state index is 0. The molecule has 2 aromatic heterocycles. The van der Waals surface area contributed by atoms with Crippen molar-refractivity contribution in [2.45, 2.75) is 72.1 Å². The summed E-state index contributed by atoms with van der Waals surface area (Å²) >= 11 is 0. The van der Waals surface area contributed by atoms with Gasteiger partial charge in [0.2, 0.25) is 0 Å². The summed E-state index contributed by atoms with van der Waals surface area (Å²) in [6, 6.07) is 46.6. The summed E-state index contributed by atoms with van der Waals surface area (Å²) in [6.45, 7) is 17.1. The Bertz CT molecular complexity index is 3880. The van der Waals surface area contributed by atoms with E-state index in [4.69, 9.17) is 9.72 Å². The number of hydrogen-bond donors (Lipinski definition) is 0. The van der Waals surface area contributed by atoms with E-state index in [9.17, 15) is 10.2 Å². The molecule has 5 nitrogen and oxygen atoms in total. The number of ether oxygens (including phenoxy) is 1. The zero-order valence-electron chi connectivity index (χ0n) is 44.3. The Labute approximate surface area is 460 Å². The maximum absolute atomic E-state index is 16.4. The third kappa shape index (κ3) is 9.68. The van der Waals surface area contributed by atoms with Gasteiger partial charge in [0, 0.05) is 98.1 Å². The Kier molecular flexibility index (Phi) is 13.4. The molecule has 0 N–H and O–H groups in total. The average Bonchev–Trinajstić information content (AvgIpc) is 4.08. The van der Waals surface area contributed by atoms with Gasteiger partial charge in [0.25, 0.3) is 0 Å². The second-order valence-electron chi connectivity index (χ2n) is 21.4. The first kappa shape index (κ1) is 51.5. The van der Waals surface area contributed by atoms with E-state index in [1.54, 1.807) is 54.6 Å². The van der Waals surface area contributed by atoms with E-state index < -0.39 is 57.3 Å². The molecule has 0 unspecified atom stereocenters. The molecule has 0 aliphatic carbocycles. The SMILES string of the molecule is [2H]C(C)(C)c1ccccc1-c1cc(Oc2[c-]c3c(cc2)c2ccccc2n3-c2cc(C(C)(C)C)ccn2)[c-]c(N2[CH-]N(c3c(-c4c(F)cc(F)cc4F)cc(C(C)(C)C)cc3-c3c(F)cc(F)cc3F)c3ccccc32)c1.[Pt]. The summed E-state index contributed by atoms with van der Waals surface area (Å²) in [7, 11) is 0. The molecule has 3 heterocycles. The van der Waals surface area contributed by atoms with E-state index in [0.29, 0.717) is 64.0 Å². The molecule has 11 rings (SSSR count). The van der Waals surface area contributed by atoms with E-state index in [-0.39, 0.29) is 49.0 Å². The van der Waals surface area contributed by atoms with Gasteiger partial charge in [0.05, 0.1) is 11.1 Å². The minimum atomic E-state index is -1.26. The van der Waals surface area contributed by atoms with Crippen LogP contribution >= 0.6 is 0 Å². The Morgan fingerprint density at radius 1 is 0.571 bits per heavy atom.